The van der Waals surface area contributed by atoms with Crippen LogP contribution >= 0.6 is 11.3 Å². The summed E-state index contributed by atoms with van der Waals surface area (Å²) in [5.41, 5.74) is 2.97. The van der Waals surface area contributed by atoms with Crippen LogP contribution in [0.4, 0.5) is 5.13 Å². The van der Waals surface area contributed by atoms with Crippen LogP contribution in [0.15, 0.2) is 24.3 Å². The van der Waals surface area contributed by atoms with Crippen LogP contribution in [0.25, 0.3) is 10.2 Å². The van der Waals surface area contributed by atoms with Gasteiger partial charge in [-0.25, -0.2) is 10.8 Å². The quantitative estimate of drug-likeness (QED) is 0.405. The first-order chi connectivity index (χ1) is 7.29. The first kappa shape index (κ1) is 9.88. The number of hydrogen-bond acceptors (Lipinski definition) is 5. The summed E-state index contributed by atoms with van der Waals surface area (Å²) in [5.74, 6) is 4.69. The summed E-state index contributed by atoms with van der Waals surface area (Å²) in [6.07, 6.45) is 0. The lowest BCUT2D eigenvalue weighted by Gasteiger charge is -1.99. The van der Waals surface area contributed by atoms with Crippen molar-refractivity contribution in [2.24, 2.45) is 5.84 Å². The Morgan fingerprint density at radius 3 is 3.00 bits per heavy atom. The van der Waals surface area contributed by atoms with Crippen molar-refractivity contribution >= 4 is 32.6 Å². The fourth-order valence-electron chi connectivity index (χ4n) is 1.15. The zero-order chi connectivity index (χ0) is 10.7. The minimum absolute atomic E-state index is 0.135. The highest BCUT2D eigenvalue weighted by Crippen LogP contribution is 2.24. The van der Waals surface area contributed by atoms with E-state index in [1.807, 2.05) is 29.7 Å². The molecule has 15 heavy (non-hydrogen) atoms. The van der Waals surface area contributed by atoms with E-state index < -0.39 is 0 Å². The van der Waals surface area contributed by atoms with Gasteiger partial charge in [-0.2, -0.15) is 0 Å². The Morgan fingerprint density at radius 2 is 2.27 bits per heavy atom. The van der Waals surface area contributed by atoms with E-state index in [1.54, 1.807) is 0 Å². The van der Waals surface area contributed by atoms with E-state index in [0.29, 0.717) is 0 Å². The maximum atomic E-state index is 10.9. The van der Waals surface area contributed by atoms with Gasteiger partial charge in [0.15, 0.2) is 5.13 Å². The number of hydrazine groups is 1. The Labute approximate surface area is 90.3 Å². The number of rotatable bonds is 3. The van der Waals surface area contributed by atoms with Gasteiger partial charge in [0, 0.05) is 0 Å². The Morgan fingerprint density at radius 1 is 1.47 bits per heavy atom. The second-order valence-electron chi connectivity index (χ2n) is 2.91. The largest absolute Gasteiger partial charge is 0.352 e. The predicted octanol–water partition coefficient (Wildman–Crippen LogP) is 0.698. The number of anilines is 1. The van der Waals surface area contributed by atoms with Crippen molar-refractivity contribution in [1.29, 1.82) is 0 Å². The number of hydrogen-bond donors (Lipinski definition) is 3. The number of carbonyl (C=O) groups is 1. The molecule has 0 fully saturated rings. The Bertz CT molecular complexity index is 449. The van der Waals surface area contributed by atoms with Gasteiger partial charge >= 0.3 is 0 Å². The van der Waals surface area contributed by atoms with E-state index >= 15 is 0 Å². The topological polar surface area (TPSA) is 80.0 Å². The molecular formula is C9H10N4OS. The maximum absolute atomic E-state index is 10.9. The molecule has 0 atom stereocenters. The van der Waals surface area contributed by atoms with Crippen LogP contribution in [0.2, 0.25) is 0 Å². The van der Waals surface area contributed by atoms with Crippen LogP contribution in [0.5, 0.6) is 0 Å². The molecule has 1 aromatic heterocycles. The van der Waals surface area contributed by atoms with Crippen LogP contribution < -0.4 is 16.6 Å². The molecule has 2 rings (SSSR count). The molecule has 0 saturated carbocycles. The smallest absolute Gasteiger partial charge is 0.253 e. The molecule has 0 unspecified atom stereocenters. The summed E-state index contributed by atoms with van der Waals surface area (Å²) in [6.45, 7) is 0.135. The highest BCUT2D eigenvalue weighted by atomic mass is 32.1. The third-order valence-corrected chi connectivity index (χ3v) is 2.85. The first-order valence-electron chi connectivity index (χ1n) is 4.38. The molecule has 0 aliphatic rings. The number of benzene rings is 1. The number of amides is 1. The average molecular weight is 222 g/mol. The molecule has 0 bridgehead atoms. The lowest BCUT2D eigenvalue weighted by molar-refractivity contribution is -0.119. The number of thiazole rings is 1. The maximum Gasteiger partial charge on any atom is 0.253 e. The van der Waals surface area contributed by atoms with Crippen molar-refractivity contribution in [1.82, 2.24) is 10.4 Å². The van der Waals surface area contributed by atoms with Gasteiger partial charge in [-0.15, -0.1) is 0 Å². The number of para-hydroxylation sites is 1. The van der Waals surface area contributed by atoms with Gasteiger partial charge in [-0.05, 0) is 12.1 Å². The van der Waals surface area contributed by atoms with Crippen LogP contribution in [0.1, 0.15) is 0 Å². The summed E-state index contributed by atoms with van der Waals surface area (Å²) in [7, 11) is 0. The zero-order valence-corrected chi connectivity index (χ0v) is 8.67. The van der Waals surface area contributed by atoms with Crippen LogP contribution in [-0.4, -0.2) is 17.4 Å². The van der Waals surface area contributed by atoms with E-state index in [-0.39, 0.29) is 12.5 Å². The first-order valence-corrected chi connectivity index (χ1v) is 5.20. The minimum atomic E-state index is -0.269. The number of fused-ring (bicyclic) bond motifs is 1. The lowest BCUT2D eigenvalue weighted by Crippen LogP contribution is -2.35. The molecule has 5 nitrogen and oxygen atoms in total. The highest BCUT2D eigenvalue weighted by Gasteiger charge is 2.03. The third kappa shape index (κ3) is 2.23. The van der Waals surface area contributed by atoms with Crippen molar-refractivity contribution in [3.8, 4) is 0 Å². The standard InChI is InChI=1S/C9H10N4OS/c10-13-8(14)5-11-9-12-6-3-1-2-4-7(6)15-9/h1-4H,5,10H2,(H,11,12)(H,13,14). The lowest BCUT2D eigenvalue weighted by atomic mass is 10.3. The molecule has 0 aliphatic carbocycles. The summed E-state index contributed by atoms with van der Waals surface area (Å²) < 4.78 is 1.09. The molecule has 1 aromatic carbocycles. The fraction of sp³-hybridized carbons (Fsp3) is 0.111. The van der Waals surface area contributed by atoms with Crippen molar-refractivity contribution in [3.05, 3.63) is 24.3 Å². The Hall–Kier alpha value is -1.66. The molecule has 0 radical (unpaired) electrons. The summed E-state index contributed by atoms with van der Waals surface area (Å²) in [5, 5.41) is 3.62. The van der Waals surface area contributed by atoms with E-state index in [2.05, 4.69) is 10.3 Å². The summed E-state index contributed by atoms with van der Waals surface area (Å²) in [6, 6.07) is 7.80. The van der Waals surface area contributed by atoms with Crippen LogP contribution in [0, 0.1) is 0 Å². The van der Waals surface area contributed by atoms with Crippen LogP contribution in [-0.2, 0) is 4.79 Å². The molecule has 0 spiro atoms. The molecule has 4 N–H and O–H groups in total. The van der Waals surface area contributed by atoms with E-state index in [1.165, 1.54) is 11.3 Å². The average Bonchev–Trinajstić information content (AvgIpc) is 2.68. The number of carbonyl (C=O) groups excluding carboxylic acids is 1. The molecule has 1 amide bonds. The highest BCUT2D eigenvalue weighted by molar-refractivity contribution is 7.22. The predicted molar refractivity (Wildman–Crippen MR) is 60.4 cm³/mol. The number of nitrogens with zero attached hydrogens (tertiary/aromatic N) is 1. The normalized spacial score (nSPS) is 10.2. The molecule has 2 aromatic rings. The minimum Gasteiger partial charge on any atom is -0.352 e. The second kappa shape index (κ2) is 4.24. The fourth-order valence-corrected chi connectivity index (χ4v) is 2.02. The van der Waals surface area contributed by atoms with Gasteiger partial charge in [-0.3, -0.25) is 10.2 Å². The van der Waals surface area contributed by atoms with Crippen molar-refractivity contribution in [2.45, 2.75) is 0 Å². The van der Waals surface area contributed by atoms with E-state index in [4.69, 9.17) is 5.84 Å². The molecular weight excluding hydrogens is 212 g/mol. The molecule has 1 heterocycles. The molecule has 78 valence electrons. The number of nitrogens with one attached hydrogen (secondary N) is 2. The van der Waals surface area contributed by atoms with Gasteiger partial charge in [-0.1, -0.05) is 23.5 Å². The van der Waals surface area contributed by atoms with Gasteiger partial charge in [0.05, 0.1) is 16.8 Å². The molecule has 0 aliphatic heterocycles. The molecule has 6 heteroatoms. The van der Waals surface area contributed by atoms with Gasteiger partial charge in [0.25, 0.3) is 5.91 Å². The van der Waals surface area contributed by atoms with Crippen molar-refractivity contribution in [3.63, 3.8) is 0 Å². The van der Waals surface area contributed by atoms with E-state index in [0.717, 1.165) is 15.3 Å². The summed E-state index contributed by atoms with van der Waals surface area (Å²) >= 11 is 1.51. The van der Waals surface area contributed by atoms with Gasteiger partial charge in [0.1, 0.15) is 0 Å². The zero-order valence-electron chi connectivity index (χ0n) is 7.86. The monoisotopic (exact) mass is 222 g/mol. The third-order valence-electron chi connectivity index (χ3n) is 1.86. The second-order valence-corrected chi connectivity index (χ2v) is 3.94. The SMILES string of the molecule is NNC(=O)CNc1nc2ccccc2s1. The molecule has 0 saturated heterocycles. The number of aromatic nitrogens is 1. The Kier molecular flexibility index (Phi) is 2.79. The summed E-state index contributed by atoms with van der Waals surface area (Å²) in [4.78, 5) is 15.2. The van der Waals surface area contributed by atoms with Crippen molar-refractivity contribution < 1.29 is 4.79 Å². The van der Waals surface area contributed by atoms with Crippen LogP contribution in [0.3, 0.4) is 0 Å². The van der Waals surface area contributed by atoms with Crippen molar-refractivity contribution in [2.75, 3.05) is 11.9 Å². The van der Waals surface area contributed by atoms with E-state index in [9.17, 15) is 4.79 Å². The van der Waals surface area contributed by atoms with Gasteiger partial charge in [0.2, 0.25) is 0 Å². The van der Waals surface area contributed by atoms with Gasteiger partial charge < -0.3 is 5.32 Å². The number of nitrogens with two attached hydrogens (primary N) is 1. The Balaban J connectivity index is 2.12.